The van der Waals surface area contributed by atoms with Crippen molar-refractivity contribution in [3.8, 4) is 0 Å². The molecule has 1 aliphatic heterocycles. The maximum Gasteiger partial charge on any atom is 0.416 e. The molecule has 2 rings (SSSR count). The number of rotatable bonds is 8. The first kappa shape index (κ1) is 22.0. The lowest BCUT2D eigenvalue weighted by molar-refractivity contribution is -0.137. The standard InChI is InChI=1S/C20H28F3NO2S/c1-5-9-19(13-24(14-19)27(4,25)26)12-15(3)10-17-11-18(20(21,22)23)8-7-16(17)6-2/h7-8,11H,3,5-6,9-10,12-14H2,1-2,4H3. The van der Waals surface area contributed by atoms with E-state index < -0.39 is 21.8 Å². The number of nitrogens with zero attached hydrogens (tertiary/aromatic N) is 1. The van der Waals surface area contributed by atoms with Gasteiger partial charge in [-0.15, -0.1) is 0 Å². The van der Waals surface area contributed by atoms with Gasteiger partial charge < -0.3 is 0 Å². The van der Waals surface area contributed by atoms with E-state index in [4.69, 9.17) is 0 Å². The number of hydrogen-bond acceptors (Lipinski definition) is 2. The average molecular weight is 404 g/mol. The van der Waals surface area contributed by atoms with Crippen molar-refractivity contribution >= 4 is 10.0 Å². The summed E-state index contributed by atoms with van der Waals surface area (Å²) >= 11 is 0. The Morgan fingerprint density at radius 2 is 1.85 bits per heavy atom. The zero-order chi connectivity index (χ0) is 20.5. The highest BCUT2D eigenvalue weighted by Gasteiger charge is 2.46. The fourth-order valence-corrected chi connectivity index (χ4v) is 5.02. The fourth-order valence-electron chi connectivity index (χ4n) is 4.00. The molecule has 0 spiro atoms. The Hall–Kier alpha value is -1.34. The summed E-state index contributed by atoms with van der Waals surface area (Å²) < 4.78 is 64.0. The molecular formula is C20H28F3NO2S. The number of alkyl halides is 3. The summed E-state index contributed by atoms with van der Waals surface area (Å²) in [6.07, 6.45) is 0.311. The summed E-state index contributed by atoms with van der Waals surface area (Å²) in [6, 6.07) is 3.89. The minimum absolute atomic E-state index is 0.150. The van der Waals surface area contributed by atoms with Crippen LogP contribution in [0.3, 0.4) is 0 Å². The maximum atomic E-state index is 13.0. The lowest BCUT2D eigenvalue weighted by Crippen LogP contribution is -2.58. The van der Waals surface area contributed by atoms with Crippen molar-refractivity contribution in [1.29, 1.82) is 0 Å². The molecule has 0 N–H and O–H groups in total. The number of aryl methyl sites for hydroxylation is 1. The number of allylic oxidation sites excluding steroid dienone is 1. The molecule has 0 radical (unpaired) electrons. The van der Waals surface area contributed by atoms with Gasteiger partial charge in [-0.1, -0.05) is 38.5 Å². The van der Waals surface area contributed by atoms with Crippen molar-refractivity contribution in [1.82, 2.24) is 4.31 Å². The number of benzene rings is 1. The van der Waals surface area contributed by atoms with Crippen LogP contribution in [0.15, 0.2) is 30.4 Å². The highest BCUT2D eigenvalue weighted by molar-refractivity contribution is 7.88. The van der Waals surface area contributed by atoms with E-state index in [9.17, 15) is 21.6 Å². The Morgan fingerprint density at radius 3 is 2.33 bits per heavy atom. The van der Waals surface area contributed by atoms with Gasteiger partial charge in [0.1, 0.15) is 0 Å². The lowest BCUT2D eigenvalue weighted by atomic mass is 9.72. The predicted octanol–water partition coefficient (Wildman–Crippen LogP) is 4.82. The fraction of sp³-hybridized carbons (Fsp3) is 0.600. The zero-order valence-corrected chi connectivity index (χ0v) is 17.0. The molecule has 1 saturated heterocycles. The quantitative estimate of drug-likeness (QED) is 0.584. The number of halogens is 3. The van der Waals surface area contributed by atoms with Crippen molar-refractivity contribution in [3.05, 3.63) is 47.0 Å². The molecule has 1 aromatic carbocycles. The topological polar surface area (TPSA) is 37.4 Å². The summed E-state index contributed by atoms with van der Waals surface area (Å²) in [5.41, 5.74) is 1.61. The van der Waals surface area contributed by atoms with E-state index in [0.717, 1.165) is 30.0 Å². The first-order chi connectivity index (χ1) is 12.4. The molecule has 27 heavy (non-hydrogen) atoms. The van der Waals surface area contributed by atoms with E-state index in [1.807, 2.05) is 6.92 Å². The Balaban J connectivity index is 2.14. The Kier molecular flexibility index (Phi) is 6.47. The summed E-state index contributed by atoms with van der Waals surface area (Å²) in [4.78, 5) is 0. The van der Waals surface area contributed by atoms with Crippen molar-refractivity contribution in [3.63, 3.8) is 0 Å². The Bertz CT molecular complexity index is 794. The molecule has 0 atom stereocenters. The molecule has 1 aromatic rings. The van der Waals surface area contributed by atoms with Crippen LogP contribution in [0.1, 0.15) is 49.8 Å². The number of sulfonamides is 1. The van der Waals surface area contributed by atoms with Gasteiger partial charge in [-0.3, -0.25) is 0 Å². The third-order valence-electron chi connectivity index (χ3n) is 5.25. The molecule has 0 saturated carbocycles. The summed E-state index contributed by atoms with van der Waals surface area (Å²) in [5, 5.41) is 0. The van der Waals surface area contributed by atoms with Gasteiger partial charge in [-0.2, -0.15) is 13.2 Å². The smallest absolute Gasteiger partial charge is 0.213 e. The van der Waals surface area contributed by atoms with Gasteiger partial charge in [0.25, 0.3) is 0 Å². The molecule has 0 aromatic heterocycles. The summed E-state index contributed by atoms with van der Waals surface area (Å²) in [6.45, 7) is 9.00. The van der Waals surface area contributed by atoms with Gasteiger partial charge >= 0.3 is 6.18 Å². The van der Waals surface area contributed by atoms with Gasteiger partial charge in [0.05, 0.1) is 11.8 Å². The normalized spacial score (nSPS) is 17.6. The third kappa shape index (κ3) is 5.35. The second kappa shape index (κ2) is 7.95. The monoisotopic (exact) mass is 403 g/mol. The zero-order valence-electron chi connectivity index (χ0n) is 16.2. The molecule has 1 heterocycles. The second-order valence-electron chi connectivity index (χ2n) is 7.72. The molecule has 7 heteroatoms. The molecular weight excluding hydrogens is 375 g/mol. The predicted molar refractivity (Wildman–Crippen MR) is 102 cm³/mol. The first-order valence-electron chi connectivity index (χ1n) is 9.21. The molecule has 1 aliphatic rings. The lowest BCUT2D eigenvalue weighted by Gasteiger charge is -2.49. The molecule has 3 nitrogen and oxygen atoms in total. The highest BCUT2D eigenvalue weighted by atomic mass is 32.2. The largest absolute Gasteiger partial charge is 0.416 e. The van der Waals surface area contributed by atoms with Crippen molar-refractivity contribution in [2.45, 2.75) is 52.1 Å². The number of hydrogen-bond donors (Lipinski definition) is 0. The molecule has 0 aliphatic carbocycles. The van der Waals surface area contributed by atoms with Crippen LogP contribution >= 0.6 is 0 Å². The van der Waals surface area contributed by atoms with Crippen LogP contribution in [0.5, 0.6) is 0 Å². The second-order valence-corrected chi connectivity index (χ2v) is 9.70. The molecule has 0 amide bonds. The van der Waals surface area contributed by atoms with Gasteiger partial charge in [-0.25, -0.2) is 12.7 Å². The van der Waals surface area contributed by atoms with Gasteiger partial charge in [0, 0.05) is 18.5 Å². The summed E-state index contributed by atoms with van der Waals surface area (Å²) in [5.74, 6) is 0. The van der Waals surface area contributed by atoms with Gasteiger partial charge in [-0.05, 0) is 48.9 Å². The molecule has 152 valence electrons. The third-order valence-corrected chi connectivity index (χ3v) is 6.45. The van der Waals surface area contributed by atoms with Crippen molar-refractivity contribution in [2.24, 2.45) is 5.41 Å². The van der Waals surface area contributed by atoms with Crippen LogP contribution in [-0.4, -0.2) is 32.1 Å². The SMILES string of the molecule is C=C(Cc1cc(C(F)(F)F)ccc1CC)CC1(CCC)CN(S(C)(=O)=O)C1. The van der Waals surface area contributed by atoms with Crippen LogP contribution < -0.4 is 0 Å². The Labute approximate surface area is 160 Å². The maximum absolute atomic E-state index is 13.0. The van der Waals surface area contributed by atoms with E-state index in [-0.39, 0.29) is 5.41 Å². The molecule has 1 fully saturated rings. The van der Waals surface area contributed by atoms with Crippen LogP contribution in [-0.2, 0) is 29.0 Å². The van der Waals surface area contributed by atoms with E-state index in [1.54, 1.807) is 6.07 Å². The van der Waals surface area contributed by atoms with Gasteiger partial charge in [0.2, 0.25) is 10.0 Å². The Morgan fingerprint density at radius 1 is 1.22 bits per heavy atom. The first-order valence-corrected chi connectivity index (χ1v) is 11.1. The van der Waals surface area contributed by atoms with Gasteiger partial charge in [0.15, 0.2) is 0 Å². The van der Waals surface area contributed by atoms with E-state index in [1.165, 1.54) is 16.6 Å². The van der Waals surface area contributed by atoms with Crippen LogP contribution in [0.25, 0.3) is 0 Å². The van der Waals surface area contributed by atoms with Crippen LogP contribution in [0, 0.1) is 5.41 Å². The highest BCUT2D eigenvalue weighted by Crippen LogP contribution is 2.42. The van der Waals surface area contributed by atoms with E-state index in [2.05, 4.69) is 13.5 Å². The molecule has 0 unspecified atom stereocenters. The average Bonchev–Trinajstić information content (AvgIpc) is 2.50. The van der Waals surface area contributed by atoms with E-state index in [0.29, 0.717) is 37.9 Å². The minimum atomic E-state index is -4.37. The van der Waals surface area contributed by atoms with Crippen LogP contribution in [0.2, 0.25) is 0 Å². The minimum Gasteiger partial charge on any atom is -0.213 e. The van der Waals surface area contributed by atoms with Crippen LogP contribution in [0.4, 0.5) is 13.2 Å². The summed E-state index contributed by atoms with van der Waals surface area (Å²) in [7, 11) is -3.20. The van der Waals surface area contributed by atoms with Crippen molar-refractivity contribution < 1.29 is 21.6 Å². The van der Waals surface area contributed by atoms with Crippen molar-refractivity contribution in [2.75, 3.05) is 19.3 Å². The van der Waals surface area contributed by atoms with E-state index >= 15 is 0 Å². The molecule has 0 bridgehead atoms.